The fourth-order valence-electron chi connectivity index (χ4n) is 6.35. The fraction of sp³-hybridized carbons (Fsp3) is 0.759. The average molecular weight is 565 g/mol. The van der Waals surface area contributed by atoms with Gasteiger partial charge in [0.05, 0.1) is 12.7 Å². The van der Waals surface area contributed by atoms with Gasteiger partial charge >= 0.3 is 5.97 Å². The molecule has 1 aromatic carbocycles. The number of fused-ring (bicyclic) bond motifs is 4. The topological polar surface area (TPSA) is 109 Å². The molecule has 0 aliphatic carbocycles. The van der Waals surface area contributed by atoms with Crippen LogP contribution in [0.3, 0.4) is 0 Å². The van der Waals surface area contributed by atoms with Gasteiger partial charge in [0.2, 0.25) is 0 Å². The number of esters is 1. The van der Waals surface area contributed by atoms with Gasteiger partial charge in [0.25, 0.3) is 0 Å². The third-order valence-electron chi connectivity index (χ3n) is 7.70. The molecule has 0 amide bonds. The molecule has 6 rings (SSSR count). The van der Waals surface area contributed by atoms with Gasteiger partial charge in [-0.1, -0.05) is 30.3 Å². The lowest BCUT2D eigenvalue weighted by molar-refractivity contribution is -0.259. The van der Waals surface area contributed by atoms with Gasteiger partial charge in [-0.3, -0.25) is 4.79 Å². The zero-order valence-corrected chi connectivity index (χ0v) is 24.1. The molecule has 1 aromatic rings. The summed E-state index contributed by atoms with van der Waals surface area (Å²) in [4.78, 5) is 12.3. The van der Waals surface area contributed by atoms with Crippen molar-refractivity contribution in [1.29, 1.82) is 0 Å². The molecule has 222 valence electrons. The van der Waals surface area contributed by atoms with Crippen molar-refractivity contribution in [2.75, 3.05) is 0 Å². The quantitative estimate of drug-likeness (QED) is 0.456. The monoisotopic (exact) mass is 564 g/mol. The number of hydrogen-bond acceptors (Lipinski definition) is 11. The summed E-state index contributed by atoms with van der Waals surface area (Å²) >= 11 is 0. The molecule has 10 atom stereocenters. The summed E-state index contributed by atoms with van der Waals surface area (Å²) in [6.45, 7) is 12.8. The minimum atomic E-state index is -0.862. The number of benzene rings is 1. The molecule has 0 N–H and O–H groups in total. The fourth-order valence-corrected chi connectivity index (χ4v) is 6.35. The Morgan fingerprint density at radius 1 is 0.775 bits per heavy atom. The first-order valence-electron chi connectivity index (χ1n) is 14.0. The van der Waals surface area contributed by atoms with E-state index in [0.29, 0.717) is 6.61 Å². The lowest BCUT2D eigenvalue weighted by Gasteiger charge is -2.39. The number of rotatable bonds is 7. The Kier molecular flexibility index (Phi) is 7.29. The van der Waals surface area contributed by atoms with E-state index >= 15 is 0 Å². The van der Waals surface area contributed by atoms with Crippen LogP contribution >= 0.6 is 0 Å². The lowest BCUT2D eigenvalue weighted by atomic mass is 9.92. The molecule has 5 heterocycles. The van der Waals surface area contributed by atoms with Crippen molar-refractivity contribution in [2.24, 2.45) is 0 Å². The first-order valence-corrected chi connectivity index (χ1v) is 14.0. The normalized spacial score (nSPS) is 41.2. The Morgan fingerprint density at radius 2 is 1.38 bits per heavy atom. The minimum Gasteiger partial charge on any atom is -0.460 e. The van der Waals surface area contributed by atoms with E-state index in [-0.39, 0.29) is 6.42 Å². The summed E-state index contributed by atoms with van der Waals surface area (Å²) in [6, 6.07) is 9.81. The van der Waals surface area contributed by atoms with Crippen LogP contribution in [-0.2, 0) is 58.8 Å². The third-order valence-corrected chi connectivity index (χ3v) is 7.70. The molecule has 5 saturated heterocycles. The molecule has 5 aliphatic rings. The van der Waals surface area contributed by atoms with E-state index in [2.05, 4.69) is 0 Å². The molecule has 0 unspecified atom stereocenters. The van der Waals surface area contributed by atoms with E-state index in [0.717, 1.165) is 5.56 Å². The predicted molar refractivity (Wildman–Crippen MR) is 136 cm³/mol. The molecule has 5 fully saturated rings. The molecule has 0 spiro atoms. The first kappa shape index (κ1) is 28.4. The highest BCUT2D eigenvalue weighted by Gasteiger charge is 2.63. The van der Waals surface area contributed by atoms with E-state index in [1.165, 1.54) is 6.92 Å². The van der Waals surface area contributed by atoms with Crippen LogP contribution in [-0.4, -0.2) is 84.7 Å². The van der Waals surface area contributed by atoms with E-state index in [4.69, 9.17) is 47.4 Å². The van der Waals surface area contributed by atoms with Gasteiger partial charge in [-0.25, -0.2) is 0 Å². The number of hydrogen-bond donors (Lipinski definition) is 0. The molecular formula is C29H40O11. The van der Waals surface area contributed by atoms with E-state index in [1.807, 2.05) is 71.9 Å². The second-order valence-corrected chi connectivity index (χ2v) is 12.4. The highest BCUT2D eigenvalue weighted by molar-refractivity contribution is 5.66. The third kappa shape index (κ3) is 5.68. The molecule has 0 aromatic heterocycles. The van der Waals surface area contributed by atoms with Gasteiger partial charge in [-0.2, -0.15) is 0 Å². The lowest BCUT2D eigenvalue weighted by Crippen LogP contribution is -2.56. The smallest absolute Gasteiger partial charge is 0.302 e. The predicted octanol–water partition coefficient (Wildman–Crippen LogP) is 3.17. The van der Waals surface area contributed by atoms with Crippen molar-refractivity contribution in [3.8, 4) is 0 Å². The Morgan fingerprint density at radius 3 is 2.08 bits per heavy atom. The number of ether oxygens (including phenoxy) is 10. The first-order chi connectivity index (χ1) is 18.8. The molecule has 0 saturated carbocycles. The SMILES string of the molecule is CC(=O)O[C@H](C[C@H]1O[C@@H]2OC(C)(C)O[C@@H]2[C@H]2OC(C)(C)O[C@H]21)[C@H]1O[C@@H](OCc2ccccc2)[C@@H]2OC(C)(C)O[C@@H]21. The highest BCUT2D eigenvalue weighted by Crippen LogP contribution is 2.47. The van der Waals surface area contributed by atoms with Crippen LogP contribution in [0.5, 0.6) is 0 Å². The van der Waals surface area contributed by atoms with Crippen LogP contribution in [0.1, 0.15) is 60.5 Å². The average Bonchev–Trinajstić information content (AvgIpc) is 3.54. The molecule has 0 radical (unpaired) electrons. The summed E-state index contributed by atoms with van der Waals surface area (Å²) < 4.78 is 62.0. The zero-order valence-electron chi connectivity index (χ0n) is 24.1. The summed E-state index contributed by atoms with van der Waals surface area (Å²) in [5, 5.41) is 0. The second-order valence-electron chi connectivity index (χ2n) is 12.4. The van der Waals surface area contributed by atoms with Crippen LogP contribution in [0.4, 0.5) is 0 Å². The van der Waals surface area contributed by atoms with Crippen molar-refractivity contribution in [2.45, 2.75) is 140 Å². The molecule has 5 aliphatic heterocycles. The maximum Gasteiger partial charge on any atom is 0.302 e. The Balaban J connectivity index is 1.23. The van der Waals surface area contributed by atoms with Gasteiger partial charge < -0.3 is 47.4 Å². The van der Waals surface area contributed by atoms with Gasteiger partial charge in [-0.05, 0) is 47.1 Å². The van der Waals surface area contributed by atoms with E-state index < -0.39 is 84.7 Å². The Hall–Kier alpha value is -1.67. The Bertz CT molecular complexity index is 1070. The van der Waals surface area contributed by atoms with Crippen LogP contribution in [0.2, 0.25) is 0 Å². The molecular weight excluding hydrogens is 524 g/mol. The standard InChI is InChI=1S/C29H40O11/c1-15(30)32-17(13-18-20-22(37-27(2,3)35-20)24-26(33-18)40-29(6,7)39-24)19-21-23(38-28(4,5)36-21)25(34-19)31-14-16-11-9-8-10-12-16/h8-12,17-26H,13-14H2,1-7H3/t17-,18-,19-,20+,21-,22+,23-,24-,25-,26-/m1/s1. The van der Waals surface area contributed by atoms with Crippen LogP contribution in [0, 0.1) is 0 Å². The maximum atomic E-state index is 12.3. The molecule has 0 bridgehead atoms. The zero-order chi connectivity index (χ0) is 28.4. The van der Waals surface area contributed by atoms with Gasteiger partial charge in [0.15, 0.2) is 29.9 Å². The minimum absolute atomic E-state index is 0.246. The largest absolute Gasteiger partial charge is 0.460 e. The van der Waals surface area contributed by atoms with Gasteiger partial charge in [0, 0.05) is 13.3 Å². The van der Waals surface area contributed by atoms with Gasteiger partial charge in [0.1, 0.15) is 42.7 Å². The summed E-state index contributed by atoms with van der Waals surface area (Å²) in [5.41, 5.74) is 1.000. The summed E-state index contributed by atoms with van der Waals surface area (Å²) in [5.74, 6) is -3.01. The maximum absolute atomic E-state index is 12.3. The van der Waals surface area contributed by atoms with Crippen molar-refractivity contribution < 1.29 is 52.2 Å². The van der Waals surface area contributed by atoms with Crippen LogP contribution < -0.4 is 0 Å². The molecule has 40 heavy (non-hydrogen) atoms. The van der Waals surface area contributed by atoms with Crippen LogP contribution in [0.15, 0.2) is 30.3 Å². The van der Waals surface area contributed by atoms with Crippen LogP contribution in [0.25, 0.3) is 0 Å². The van der Waals surface area contributed by atoms with Crippen molar-refractivity contribution >= 4 is 5.97 Å². The number of carbonyl (C=O) groups excluding carboxylic acids is 1. The highest BCUT2D eigenvalue weighted by atomic mass is 16.9. The van der Waals surface area contributed by atoms with Gasteiger partial charge in [-0.15, -0.1) is 0 Å². The van der Waals surface area contributed by atoms with Crippen molar-refractivity contribution in [3.05, 3.63) is 35.9 Å². The van der Waals surface area contributed by atoms with E-state index in [9.17, 15) is 4.79 Å². The number of carbonyl (C=O) groups is 1. The van der Waals surface area contributed by atoms with E-state index in [1.54, 1.807) is 0 Å². The van der Waals surface area contributed by atoms with Crippen molar-refractivity contribution in [3.63, 3.8) is 0 Å². The second kappa shape index (κ2) is 10.3. The Labute approximate surface area is 234 Å². The summed E-state index contributed by atoms with van der Waals surface area (Å²) in [7, 11) is 0. The molecule has 11 heteroatoms. The molecule has 11 nitrogen and oxygen atoms in total. The summed E-state index contributed by atoms with van der Waals surface area (Å²) in [6.07, 6.45) is -5.53. The van der Waals surface area contributed by atoms with Crippen molar-refractivity contribution in [1.82, 2.24) is 0 Å².